The van der Waals surface area contributed by atoms with Gasteiger partial charge in [0.05, 0.1) is 12.8 Å². The summed E-state index contributed by atoms with van der Waals surface area (Å²) in [6.07, 6.45) is 2.23. The Bertz CT molecular complexity index is 694. The van der Waals surface area contributed by atoms with Crippen LogP contribution in [0.4, 0.5) is 10.5 Å². The highest BCUT2D eigenvalue weighted by molar-refractivity contribution is 5.91. The zero-order chi connectivity index (χ0) is 16.3. The minimum absolute atomic E-state index is 0.106. The topological polar surface area (TPSA) is 50.4 Å². The van der Waals surface area contributed by atoms with Gasteiger partial charge in [0.1, 0.15) is 5.75 Å². The van der Waals surface area contributed by atoms with E-state index in [2.05, 4.69) is 22.8 Å². The molecule has 4 nitrogen and oxygen atoms in total. The number of amides is 2. The number of carbonyl (C=O) groups is 1. The standard InChI is InChI=1S/C19H22N2O2/c1-14-8-9-17(23-2)16(12-14)21-18(22)20-13-19(10-11-19)15-6-4-3-5-7-15/h3-9,12H,10-11,13H2,1-2H3,(H2,20,21,22). The Balaban J connectivity index is 1.62. The summed E-state index contributed by atoms with van der Waals surface area (Å²) < 4.78 is 5.29. The number of methoxy groups -OCH3 is 1. The van der Waals surface area contributed by atoms with Gasteiger partial charge in [-0.25, -0.2) is 4.79 Å². The number of hydrogen-bond acceptors (Lipinski definition) is 2. The van der Waals surface area contributed by atoms with Gasteiger partial charge < -0.3 is 15.4 Å². The van der Waals surface area contributed by atoms with Gasteiger partial charge in [-0.1, -0.05) is 36.4 Å². The normalized spacial score (nSPS) is 14.9. The van der Waals surface area contributed by atoms with Gasteiger partial charge >= 0.3 is 6.03 Å². The number of ether oxygens (including phenoxy) is 1. The van der Waals surface area contributed by atoms with Crippen LogP contribution in [0.15, 0.2) is 48.5 Å². The highest BCUT2D eigenvalue weighted by Crippen LogP contribution is 2.47. The fraction of sp³-hybridized carbons (Fsp3) is 0.316. The second-order valence-electron chi connectivity index (χ2n) is 6.16. The van der Waals surface area contributed by atoms with Crippen LogP contribution >= 0.6 is 0 Å². The van der Waals surface area contributed by atoms with Crippen molar-refractivity contribution in [2.75, 3.05) is 19.0 Å². The van der Waals surface area contributed by atoms with Gasteiger partial charge in [-0.3, -0.25) is 0 Å². The fourth-order valence-electron chi connectivity index (χ4n) is 2.85. The van der Waals surface area contributed by atoms with Crippen molar-refractivity contribution in [1.82, 2.24) is 5.32 Å². The average molecular weight is 310 g/mol. The Labute approximate surface area is 136 Å². The van der Waals surface area contributed by atoms with Crippen molar-refractivity contribution in [2.24, 2.45) is 0 Å². The molecule has 2 N–H and O–H groups in total. The van der Waals surface area contributed by atoms with Crippen LogP contribution in [0.3, 0.4) is 0 Å². The molecule has 0 aromatic heterocycles. The molecule has 2 amide bonds. The van der Waals surface area contributed by atoms with E-state index in [0.29, 0.717) is 18.0 Å². The van der Waals surface area contributed by atoms with Crippen LogP contribution in [0.2, 0.25) is 0 Å². The minimum atomic E-state index is -0.198. The van der Waals surface area contributed by atoms with Gasteiger partial charge in [-0.05, 0) is 43.0 Å². The number of benzene rings is 2. The molecule has 120 valence electrons. The van der Waals surface area contributed by atoms with Crippen LogP contribution in [-0.2, 0) is 5.41 Å². The van der Waals surface area contributed by atoms with Crippen molar-refractivity contribution in [1.29, 1.82) is 0 Å². The van der Waals surface area contributed by atoms with Crippen molar-refractivity contribution in [3.05, 3.63) is 59.7 Å². The Morgan fingerprint density at radius 2 is 1.91 bits per heavy atom. The van der Waals surface area contributed by atoms with Crippen LogP contribution in [0, 0.1) is 6.92 Å². The molecule has 0 atom stereocenters. The predicted octanol–water partition coefficient (Wildman–Crippen LogP) is 3.86. The highest BCUT2D eigenvalue weighted by Gasteiger charge is 2.44. The second kappa shape index (κ2) is 6.32. The van der Waals surface area contributed by atoms with Gasteiger partial charge in [-0.2, -0.15) is 0 Å². The third kappa shape index (κ3) is 3.47. The molecule has 23 heavy (non-hydrogen) atoms. The van der Waals surface area contributed by atoms with E-state index in [4.69, 9.17) is 4.74 Å². The average Bonchev–Trinajstić information content (AvgIpc) is 3.35. The van der Waals surface area contributed by atoms with E-state index < -0.39 is 0 Å². The molecule has 4 heteroatoms. The monoisotopic (exact) mass is 310 g/mol. The van der Waals surface area contributed by atoms with Crippen molar-refractivity contribution < 1.29 is 9.53 Å². The number of aryl methyl sites for hydroxylation is 1. The quantitative estimate of drug-likeness (QED) is 0.881. The van der Waals surface area contributed by atoms with Crippen molar-refractivity contribution >= 4 is 11.7 Å². The smallest absolute Gasteiger partial charge is 0.319 e. The van der Waals surface area contributed by atoms with Gasteiger partial charge in [0, 0.05) is 12.0 Å². The number of hydrogen-bond donors (Lipinski definition) is 2. The van der Waals surface area contributed by atoms with Crippen LogP contribution in [0.5, 0.6) is 5.75 Å². The van der Waals surface area contributed by atoms with E-state index in [1.54, 1.807) is 7.11 Å². The summed E-state index contributed by atoms with van der Waals surface area (Å²) in [5.74, 6) is 0.662. The first-order valence-corrected chi connectivity index (χ1v) is 7.88. The van der Waals surface area contributed by atoms with Crippen LogP contribution in [-0.4, -0.2) is 19.7 Å². The molecule has 0 spiro atoms. The number of urea groups is 1. The molecule has 0 radical (unpaired) electrons. The molecule has 0 saturated heterocycles. The fourth-order valence-corrected chi connectivity index (χ4v) is 2.85. The summed E-state index contributed by atoms with van der Waals surface area (Å²) >= 11 is 0. The molecule has 2 aromatic carbocycles. The summed E-state index contributed by atoms with van der Waals surface area (Å²) in [5, 5.41) is 5.88. The molecule has 0 bridgehead atoms. The Morgan fingerprint density at radius 3 is 2.57 bits per heavy atom. The lowest BCUT2D eigenvalue weighted by atomic mass is 9.96. The van der Waals surface area contributed by atoms with Crippen molar-refractivity contribution in [3.8, 4) is 5.75 Å². The molecule has 3 rings (SSSR count). The molecule has 0 aliphatic heterocycles. The molecule has 1 aliphatic rings. The first-order chi connectivity index (χ1) is 11.1. The maximum Gasteiger partial charge on any atom is 0.319 e. The third-order valence-electron chi connectivity index (χ3n) is 4.43. The predicted molar refractivity (Wildman–Crippen MR) is 92.1 cm³/mol. The lowest BCUT2D eigenvalue weighted by molar-refractivity contribution is 0.251. The molecule has 2 aromatic rings. The molecule has 1 saturated carbocycles. The van der Waals surface area contributed by atoms with E-state index in [1.807, 2.05) is 43.3 Å². The minimum Gasteiger partial charge on any atom is -0.495 e. The van der Waals surface area contributed by atoms with Crippen molar-refractivity contribution in [3.63, 3.8) is 0 Å². The Kier molecular flexibility index (Phi) is 4.24. The van der Waals surface area contributed by atoms with E-state index in [0.717, 1.165) is 18.4 Å². The maximum absolute atomic E-state index is 12.2. The Morgan fingerprint density at radius 1 is 1.17 bits per heavy atom. The molecule has 1 aliphatic carbocycles. The van der Waals surface area contributed by atoms with Gasteiger partial charge in [-0.15, -0.1) is 0 Å². The highest BCUT2D eigenvalue weighted by atomic mass is 16.5. The number of nitrogens with one attached hydrogen (secondary N) is 2. The van der Waals surface area contributed by atoms with Gasteiger partial charge in [0.2, 0.25) is 0 Å². The second-order valence-corrected chi connectivity index (χ2v) is 6.16. The van der Waals surface area contributed by atoms with Gasteiger partial charge in [0.15, 0.2) is 0 Å². The maximum atomic E-state index is 12.2. The number of anilines is 1. The summed E-state index contributed by atoms with van der Waals surface area (Å²) in [5.41, 5.74) is 3.17. The SMILES string of the molecule is COc1ccc(C)cc1NC(=O)NCC1(c2ccccc2)CC1. The van der Waals surface area contributed by atoms with Gasteiger partial charge in [0.25, 0.3) is 0 Å². The lowest BCUT2D eigenvalue weighted by Gasteiger charge is -2.17. The molecular weight excluding hydrogens is 288 g/mol. The van der Waals surface area contributed by atoms with E-state index in [9.17, 15) is 4.79 Å². The van der Waals surface area contributed by atoms with E-state index in [-0.39, 0.29) is 11.4 Å². The lowest BCUT2D eigenvalue weighted by Crippen LogP contribution is -2.35. The molecular formula is C19H22N2O2. The zero-order valence-electron chi connectivity index (χ0n) is 13.6. The van der Waals surface area contributed by atoms with Crippen LogP contribution in [0.1, 0.15) is 24.0 Å². The van der Waals surface area contributed by atoms with Crippen LogP contribution < -0.4 is 15.4 Å². The Hall–Kier alpha value is -2.49. The summed E-state index contributed by atoms with van der Waals surface area (Å²) in [4.78, 5) is 12.2. The first kappa shape index (κ1) is 15.4. The summed E-state index contributed by atoms with van der Waals surface area (Å²) in [6.45, 7) is 2.63. The van der Waals surface area contributed by atoms with E-state index in [1.165, 1.54) is 5.56 Å². The third-order valence-corrected chi connectivity index (χ3v) is 4.43. The number of carbonyl (C=O) groups excluding carboxylic acids is 1. The van der Waals surface area contributed by atoms with Crippen LogP contribution in [0.25, 0.3) is 0 Å². The molecule has 0 heterocycles. The molecule has 1 fully saturated rings. The first-order valence-electron chi connectivity index (χ1n) is 7.88. The molecule has 0 unspecified atom stereocenters. The number of rotatable bonds is 5. The summed E-state index contributed by atoms with van der Waals surface area (Å²) in [7, 11) is 1.60. The zero-order valence-corrected chi connectivity index (χ0v) is 13.6. The van der Waals surface area contributed by atoms with E-state index >= 15 is 0 Å². The largest absolute Gasteiger partial charge is 0.495 e. The van der Waals surface area contributed by atoms with Crippen molar-refractivity contribution in [2.45, 2.75) is 25.2 Å². The summed E-state index contributed by atoms with van der Waals surface area (Å²) in [6, 6.07) is 15.9.